The van der Waals surface area contributed by atoms with Gasteiger partial charge < -0.3 is 31.3 Å². The molecule has 2 aromatic rings. The van der Waals surface area contributed by atoms with Gasteiger partial charge in [-0.25, -0.2) is 9.59 Å². The van der Waals surface area contributed by atoms with Crippen molar-refractivity contribution in [2.24, 2.45) is 17.6 Å². The number of benzene rings is 2. The minimum atomic E-state index is -2.27. The first-order chi connectivity index (χ1) is 15.7. The van der Waals surface area contributed by atoms with Crippen molar-refractivity contribution < 1.29 is 35.1 Å². The molecule has 0 aliphatic carbocycles. The van der Waals surface area contributed by atoms with Crippen LogP contribution in [0, 0.1) is 18.8 Å². The van der Waals surface area contributed by atoms with E-state index in [1.54, 1.807) is 6.07 Å². The van der Waals surface area contributed by atoms with Crippen LogP contribution < -0.4 is 5.73 Å². The molecule has 0 aliphatic heterocycles. The second-order valence-electron chi connectivity index (χ2n) is 9.22. The van der Waals surface area contributed by atoms with Crippen molar-refractivity contribution >= 4 is 11.9 Å². The summed E-state index contributed by atoms with van der Waals surface area (Å²) in [4.78, 5) is 19.5. The fraction of sp³-hybridized carbons (Fsp3) is 0.462. The molecule has 2 rings (SSSR count). The predicted octanol–water partition coefficient (Wildman–Crippen LogP) is 3.11. The van der Waals surface area contributed by atoms with Crippen LogP contribution in [0.25, 0.3) is 0 Å². The Morgan fingerprint density at radius 2 is 1.35 bits per heavy atom. The van der Waals surface area contributed by atoms with E-state index in [4.69, 9.17) is 26.2 Å². The van der Waals surface area contributed by atoms with Crippen molar-refractivity contribution in [2.45, 2.75) is 64.7 Å². The van der Waals surface area contributed by atoms with Gasteiger partial charge in [-0.1, -0.05) is 75.7 Å². The molecule has 0 heterocycles. The highest BCUT2D eigenvalue weighted by Gasteiger charge is 2.36. The van der Waals surface area contributed by atoms with E-state index in [2.05, 4.69) is 65.0 Å². The number of hydrogen-bond donors (Lipinski definition) is 6. The zero-order chi connectivity index (χ0) is 26.2. The van der Waals surface area contributed by atoms with Gasteiger partial charge in [0.15, 0.2) is 12.2 Å². The van der Waals surface area contributed by atoms with Gasteiger partial charge in [-0.3, -0.25) is 0 Å². The van der Waals surface area contributed by atoms with Gasteiger partial charge in [0.25, 0.3) is 0 Å². The molecule has 0 spiro atoms. The van der Waals surface area contributed by atoms with E-state index in [1.165, 1.54) is 5.56 Å². The quantitative estimate of drug-likeness (QED) is 0.322. The standard InChI is InChI=1S/C22H31NO.C4H6O6/c1-15(2)22(23,16(3)4)14-20(18-9-7-6-8-10-18)19-13-17(5)11-12-21(19)24;5-1(3(7)8)2(6)4(9)10/h6-13,15-16,20,24H,14,23H2,1-5H3;1-2,5-6H,(H,7,8)(H,9,10). The van der Waals surface area contributed by atoms with Crippen molar-refractivity contribution in [3.63, 3.8) is 0 Å². The molecule has 3 atom stereocenters. The molecule has 34 heavy (non-hydrogen) atoms. The van der Waals surface area contributed by atoms with Gasteiger partial charge in [0.1, 0.15) is 5.75 Å². The van der Waals surface area contributed by atoms with Crippen LogP contribution >= 0.6 is 0 Å². The van der Waals surface area contributed by atoms with E-state index in [9.17, 15) is 14.7 Å². The Labute approximate surface area is 200 Å². The average Bonchev–Trinajstić information content (AvgIpc) is 2.78. The van der Waals surface area contributed by atoms with Crippen LogP contribution in [0.4, 0.5) is 0 Å². The highest BCUT2D eigenvalue weighted by atomic mass is 16.4. The van der Waals surface area contributed by atoms with Crippen LogP contribution in [0.2, 0.25) is 0 Å². The third-order valence-corrected chi connectivity index (χ3v) is 6.27. The van der Waals surface area contributed by atoms with Gasteiger partial charge >= 0.3 is 11.9 Å². The lowest BCUT2D eigenvalue weighted by Crippen LogP contribution is -2.51. The zero-order valence-electron chi connectivity index (χ0n) is 20.3. The summed E-state index contributed by atoms with van der Waals surface area (Å²) in [5.41, 5.74) is 9.90. The van der Waals surface area contributed by atoms with E-state index in [0.717, 1.165) is 17.5 Å². The lowest BCUT2D eigenvalue weighted by atomic mass is 9.69. The van der Waals surface area contributed by atoms with E-state index < -0.39 is 24.1 Å². The topological polar surface area (TPSA) is 161 Å². The number of carboxylic acids is 2. The molecule has 0 aliphatic rings. The minimum absolute atomic E-state index is 0.0842. The minimum Gasteiger partial charge on any atom is -0.508 e. The first-order valence-electron chi connectivity index (χ1n) is 11.2. The fourth-order valence-electron chi connectivity index (χ4n) is 3.81. The highest BCUT2D eigenvalue weighted by Crippen LogP contribution is 2.41. The maximum Gasteiger partial charge on any atom is 0.335 e. The van der Waals surface area contributed by atoms with Gasteiger partial charge in [0.2, 0.25) is 0 Å². The van der Waals surface area contributed by atoms with Gasteiger partial charge in [-0.05, 0) is 36.8 Å². The Bertz CT molecular complexity index is 917. The lowest BCUT2D eigenvalue weighted by Gasteiger charge is -2.41. The summed E-state index contributed by atoms with van der Waals surface area (Å²) >= 11 is 0. The Kier molecular flexibility index (Phi) is 10.7. The number of aliphatic carboxylic acids is 2. The summed E-state index contributed by atoms with van der Waals surface area (Å²) in [6.45, 7) is 10.8. The predicted molar refractivity (Wildman–Crippen MR) is 130 cm³/mol. The van der Waals surface area contributed by atoms with E-state index in [0.29, 0.717) is 17.6 Å². The largest absolute Gasteiger partial charge is 0.508 e. The van der Waals surface area contributed by atoms with E-state index in [1.807, 2.05) is 12.1 Å². The van der Waals surface area contributed by atoms with Crippen LogP contribution in [0.3, 0.4) is 0 Å². The number of nitrogens with two attached hydrogens (primary N) is 1. The first kappa shape index (κ1) is 29.1. The average molecular weight is 476 g/mol. The number of aromatic hydroxyl groups is 1. The maximum absolute atomic E-state index is 10.5. The Morgan fingerprint density at radius 1 is 0.882 bits per heavy atom. The second-order valence-corrected chi connectivity index (χ2v) is 9.22. The fourth-order valence-corrected chi connectivity index (χ4v) is 3.81. The number of rotatable bonds is 9. The molecule has 0 aromatic heterocycles. The van der Waals surface area contributed by atoms with Crippen LogP contribution in [0.5, 0.6) is 5.75 Å². The third-order valence-electron chi connectivity index (χ3n) is 6.27. The Balaban J connectivity index is 0.000000489. The number of carboxylic acid groups (broad SMARTS) is 2. The van der Waals surface area contributed by atoms with E-state index >= 15 is 0 Å². The molecule has 0 amide bonds. The van der Waals surface area contributed by atoms with Crippen molar-refractivity contribution in [2.75, 3.05) is 0 Å². The summed E-state index contributed by atoms with van der Waals surface area (Å²) in [6, 6.07) is 16.2. The molecular weight excluding hydrogens is 438 g/mol. The molecular formula is C26H37NO7. The van der Waals surface area contributed by atoms with Gasteiger partial charge in [-0.2, -0.15) is 0 Å². The highest BCUT2D eigenvalue weighted by molar-refractivity contribution is 5.83. The van der Waals surface area contributed by atoms with Gasteiger partial charge in [0.05, 0.1) is 0 Å². The molecule has 0 saturated carbocycles. The van der Waals surface area contributed by atoms with Crippen LogP contribution in [0.1, 0.15) is 56.7 Å². The molecule has 188 valence electrons. The number of aliphatic hydroxyl groups is 2. The zero-order valence-corrected chi connectivity index (χ0v) is 20.3. The third kappa shape index (κ3) is 7.55. The van der Waals surface area contributed by atoms with Crippen LogP contribution in [-0.4, -0.2) is 55.2 Å². The van der Waals surface area contributed by atoms with Crippen molar-refractivity contribution in [3.05, 3.63) is 65.2 Å². The molecule has 0 radical (unpaired) electrons. The Morgan fingerprint density at radius 3 is 1.76 bits per heavy atom. The van der Waals surface area contributed by atoms with Crippen molar-refractivity contribution in [3.8, 4) is 5.75 Å². The Hall–Kier alpha value is -2.94. The van der Waals surface area contributed by atoms with Crippen molar-refractivity contribution in [1.82, 2.24) is 0 Å². The molecule has 2 aromatic carbocycles. The SMILES string of the molecule is Cc1ccc(O)c(C(CC(N)(C(C)C)C(C)C)c2ccccc2)c1.O=C(O)C(O)C(O)C(=O)O. The second kappa shape index (κ2) is 12.5. The molecule has 3 unspecified atom stereocenters. The number of phenols is 1. The molecule has 7 N–H and O–H groups in total. The van der Waals surface area contributed by atoms with Gasteiger partial charge in [-0.15, -0.1) is 0 Å². The first-order valence-corrected chi connectivity index (χ1v) is 11.2. The monoisotopic (exact) mass is 475 g/mol. The molecule has 8 nitrogen and oxygen atoms in total. The summed E-state index contributed by atoms with van der Waals surface area (Å²) in [5.74, 6) is -2.39. The summed E-state index contributed by atoms with van der Waals surface area (Å²) in [7, 11) is 0. The smallest absolute Gasteiger partial charge is 0.335 e. The summed E-state index contributed by atoms with van der Waals surface area (Å²) < 4.78 is 0. The molecule has 0 fully saturated rings. The molecule has 0 saturated heterocycles. The summed E-state index contributed by atoms with van der Waals surface area (Å²) in [5, 5.41) is 43.0. The number of hydrogen-bond acceptors (Lipinski definition) is 6. The molecule has 0 bridgehead atoms. The number of carbonyl (C=O) groups is 2. The van der Waals surface area contributed by atoms with Crippen LogP contribution in [0.15, 0.2) is 48.5 Å². The molecule has 8 heteroatoms. The number of aryl methyl sites for hydroxylation is 1. The van der Waals surface area contributed by atoms with E-state index in [-0.39, 0.29) is 11.5 Å². The van der Waals surface area contributed by atoms with Gasteiger partial charge in [0, 0.05) is 17.0 Å². The number of phenolic OH excluding ortho intramolecular Hbond substituents is 1. The number of aliphatic hydroxyl groups excluding tert-OH is 2. The summed E-state index contributed by atoms with van der Waals surface area (Å²) in [6.07, 6.45) is -3.72. The normalized spacial score (nSPS) is 14.2. The van der Waals surface area contributed by atoms with Crippen molar-refractivity contribution in [1.29, 1.82) is 0 Å². The lowest BCUT2D eigenvalue weighted by molar-refractivity contribution is -0.165. The maximum atomic E-state index is 10.5. The van der Waals surface area contributed by atoms with Crippen LogP contribution in [-0.2, 0) is 9.59 Å².